The van der Waals surface area contributed by atoms with Crippen molar-refractivity contribution in [2.45, 2.75) is 6.04 Å². The van der Waals surface area contributed by atoms with E-state index in [0.717, 1.165) is 31.1 Å². The molecule has 2 nitrogen and oxygen atoms in total. The molecule has 3 fully saturated rings. The van der Waals surface area contributed by atoms with Crippen LogP contribution in [-0.4, -0.2) is 37.2 Å². The summed E-state index contributed by atoms with van der Waals surface area (Å²) in [6, 6.07) is 0.719. The number of terminal acetylenes is 1. The lowest BCUT2D eigenvalue weighted by Gasteiger charge is -2.35. The fourth-order valence-corrected chi connectivity index (χ4v) is 2.54. The minimum absolute atomic E-state index is 0.613. The van der Waals surface area contributed by atoms with Crippen LogP contribution in [0.1, 0.15) is 0 Å². The first-order valence-corrected chi connectivity index (χ1v) is 4.68. The number of likely N-dealkylation sites (tertiary alicyclic amines) is 1. The second kappa shape index (κ2) is 2.25. The predicted molar refractivity (Wildman–Crippen MR) is 45.5 cm³/mol. The summed E-state index contributed by atoms with van der Waals surface area (Å²) in [5.41, 5.74) is 0. The first-order valence-electron chi connectivity index (χ1n) is 4.68. The van der Waals surface area contributed by atoms with Crippen molar-refractivity contribution in [3.8, 4) is 12.3 Å². The van der Waals surface area contributed by atoms with Crippen LogP contribution < -0.4 is 0 Å². The van der Waals surface area contributed by atoms with E-state index in [-0.39, 0.29) is 0 Å². The third-order valence-electron chi connectivity index (χ3n) is 3.55. The summed E-state index contributed by atoms with van der Waals surface area (Å²) >= 11 is 0. The van der Waals surface area contributed by atoms with Crippen molar-refractivity contribution >= 4 is 0 Å². The topological polar surface area (TPSA) is 12.5 Å². The van der Waals surface area contributed by atoms with Gasteiger partial charge in [-0.2, -0.15) is 0 Å². The Morgan fingerprint density at radius 3 is 2.33 bits per heavy atom. The van der Waals surface area contributed by atoms with Gasteiger partial charge in [-0.05, 0) is 11.8 Å². The van der Waals surface area contributed by atoms with Gasteiger partial charge in [0.2, 0.25) is 0 Å². The van der Waals surface area contributed by atoms with E-state index < -0.39 is 0 Å². The lowest BCUT2D eigenvalue weighted by molar-refractivity contribution is -0.0612. The molecule has 12 heavy (non-hydrogen) atoms. The number of nitrogens with zero attached hydrogens (tertiary/aromatic N) is 1. The van der Waals surface area contributed by atoms with Gasteiger partial charge in [0.15, 0.2) is 0 Å². The quantitative estimate of drug-likeness (QED) is 0.512. The van der Waals surface area contributed by atoms with Crippen LogP contribution in [0.2, 0.25) is 0 Å². The van der Waals surface area contributed by atoms with Crippen LogP contribution in [0.5, 0.6) is 0 Å². The molecule has 3 rings (SSSR count). The molecular formula is C10H13NO. The van der Waals surface area contributed by atoms with Gasteiger partial charge in [-0.1, -0.05) is 0 Å². The molecule has 0 bridgehead atoms. The fourth-order valence-electron chi connectivity index (χ4n) is 2.54. The predicted octanol–water partition coefficient (Wildman–Crippen LogP) is 0.196. The number of piperidine rings is 1. The molecule has 0 aromatic heterocycles. The third-order valence-corrected chi connectivity index (χ3v) is 3.55. The van der Waals surface area contributed by atoms with E-state index in [9.17, 15) is 0 Å². The number of rotatable bonds is 1. The molecule has 1 saturated carbocycles. The van der Waals surface area contributed by atoms with Crippen molar-refractivity contribution in [3.05, 3.63) is 0 Å². The highest BCUT2D eigenvalue weighted by Crippen LogP contribution is 2.51. The molecule has 64 valence electrons. The SMILES string of the molecule is C#C[C@H]1[C@H]2CN(C3COC3)C[C@@H]12. The smallest absolute Gasteiger partial charge is 0.0645 e. The van der Waals surface area contributed by atoms with E-state index in [1.54, 1.807) is 0 Å². The first-order chi connectivity index (χ1) is 5.90. The number of hydrogen-bond donors (Lipinski definition) is 0. The lowest BCUT2D eigenvalue weighted by Crippen LogP contribution is -2.48. The highest BCUT2D eigenvalue weighted by atomic mass is 16.5. The lowest BCUT2D eigenvalue weighted by atomic mass is 10.2. The van der Waals surface area contributed by atoms with Crippen molar-refractivity contribution in [1.82, 2.24) is 4.90 Å². The summed E-state index contributed by atoms with van der Waals surface area (Å²) in [5.74, 6) is 5.15. The summed E-state index contributed by atoms with van der Waals surface area (Å²) in [7, 11) is 0. The molecule has 0 unspecified atom stereocenters. The Hall–Kier alpha value is -0.520. The number of fused-ring (bicyclic) bond motifs is 1. The molecule has 0 amide bonds. The molecule has 3 atom stereocenters. The Bertz CT molecular complexity index is 229. The van der Waals surface area contributed by atoms with Crippen LogP contribution in [-0.2, 0) is 4.74 Å². The van der Waals surface area contributed by atoms with Gasteiger partial charge < -0.3 is 4.74 Å². The Morgan fingerprint density at radius 1 is 1.25 bits per heavy atom. The van der Waals surface area contributed by atoms with Gasteiger partial charge in [0, 0.05) is 19.0 Å². The van der Waals surface area contributed by atoms with E-state index in [2.05, 4.69) is 10.8 Å². The zero-order chi connectivity index (χ0) is 8.13. The van der Waals surface area contributed by atoms with Gasteiger partial charge in [0.1, 0.15) is 0 Å². The Balaban J connectivity index is 1.59. The van der Waals surface area contributed by atoms with Crippen LogP contribution in [0.3, 0.4) is 0 Å². The molecule has 0 spiro atoms. The Kier molecular flexibility index (Phi) is 1.30. The van der Waals surface area contributed by atoms with Crippen molar-refractivity contribution in [3.63, 3.8) is 0 Å². The molecule has 0 N–H and O–H groups in total. The first kappa shape index (κ1) is 6.94. The maximum absolute atomic E-state index is 5.40. The normalized spacial score (nSPS) is 46.4. The van der Waals surface area contributed by atoms with E-state index in [4.69, 9.17) is 11.2 Å². The van der Waals surface area contributed by atoms with Gasteiger partial charge in [0.05, 0.1) is 19.3 Å². The third kappa shape index (κ3) is 0.784. The molecule has 2 saturated heterocycles. The van der Waals surface area contributed by atoms with E-state index in [0.29, 0.717) is 5.92 Å². The molecule has 3 aliphatic rings. The van der Waals surface area contributed by atoms with Gasteiger partial charge >= 0.3 is 0 Å². The minimum atomic E-state index is 0.613. The molecule has 0 aromatic rings. The molecular weight excluding hydrogens is 150 g/mol. The number of hydrogen-bond acceptors (Lipinski definition) is 2. The van der Waals surface area contributed by atoms with Crippen LogP contribution in [0.25, 0.3) is 0 Å². The summed E-state index contributed by atoms with van der Waals surface area (Å²) in [4.78, 5) is 2.55. The molecule has 0 aromatic carbocycles. The molecule has 1 aliphatic carbocycles. The zero-order valence-electron chi connectivity index (χ0n) is 7.07. The minimum Gasteiger partial charge on any atom is -0.378 e. The standard InChI is InChI=1S/C10H13NO/c1-2-8-9-3-11(4-10(8)9)7-5-12-6-7/h1,7-10H,3-6H2/t8-,9+,10-. The number of ether oxygens (including phenoxy) is 1. The maximum atomic E-state index is 5.40. The van der Waals surface area contributed by atoms with Crippen LogP contribution in [0, 0.1) is 30.1 Å². The van der Waals surface area contributed by atoms with Crippen molar-refractivity contribution in [2.75, 3.05) is 26.3 Å². The van der Waals surface area contributed by atoms with Crippen molar-refractivity contribution < 1.29 is 4.74 Å². The van der Waals surface area contributed by atoms with Crippen LogP contribution in [0.4, 0.5) is 0 Å². The van der Waals surface area contributed by atoms with Crippen LogP contribution in [0.15, 0.2) is 0 Å². The van der Waals surface area contributed by atoms with Gasteiger partial charge in [-0.3, -0.25) is 4.90 Å². The maximum Gasteiger partial charge on any atom is 0.0645 e. The van der Waals surface area contributed by atoms with E-state index in [1.807, 2.05) is 0 Å². The highest BCUT2D eigenvalue weighted by molar-refractivity contribution is 5.18. The average molecular weight is 163 g/mol. The second-order valence-electron chi connectivity index (χ2n) is 4.17. The summed E-state index contributed by atoms with van der Waals surface area (Å²) < 4.78 is 5.17. The Morgan fingerprint density at radius 2 is 1.92 bits per heavy atom. The van der Waals surface area contributed by atoms with Crippen molar-refractivity contribution in [1.29, 1.82) is 0 Å². The summed E-state index contributed by atoms with van der Waals surface area (Å²) in [6.07, 6.45) is 5.40. The Labute approximate surface area is 72.9 Å². The largest absolute Gasteiger partial charge is 0.378 e. The molecule has 2 aliphatic heterocycles. The van der Waals surface area contributed by atoms with Crippen molar-refractivity contribution in [2.24, 2.45) is 17.8 Å². The summed E-state index contributed by atoms with van der Waals surface area (Å²) in [5, 5.41) is 0. The van der Waals surface area contributed by atoms with Gasteiger partial charge in [0.25, 0.3) is 0 Å². The van der Waals surface area contributed by atoms with E-state index in [1.165, 1.54) is 13.1 Å². The van der Waals surface area contributed by atoms with Gasteiger partial charge in [-0.15, -0.1) is 12.3 Å². The van der Waals surface area contributed by atoms with E-state index >= 15 is 0 Å². The molecule has 2 heterocycles. The monoisotopic (exact) mass is 163 g/mol. The average Bonchev–Trinajstić information content (AvgIpc) is 2.42. The van der Waals surface area contributed by atoms with Gasteiger partial charge in [-0.25, -0.2) is 0 Å². The fraction of sp³-hybridized carbons (Fsp3) is 0.800. The highest BCUT2D eigenvalue weighted by Gasteiger charge is 2.56. The second-order valence-corrected chi connectivity index (χ2v) is 4.17. The summed E-state index contributed by atoms with van der Waals surface area (Å²) in [6.45, 7) is 4.35. The zero-order valence-corrected chi connectivity index (χ0v) is 7.07. The molecule has 2 heteroatoms. The molecule has 0 radical (unpaired) electrons. The van der Waals surface area contributed by atoms with Crippen LogP contribution >= 0.6 is 0 Å².